The SMILES string of the molecule is C=CC(C/C=C\N)c1cc(N)c(NC(=C)NC(=O)NCC)c(-n2cc(C(=O)O)cn2)c1. The molecule has 0 aliphatic heterocycles. The van der Waals surface area contributed by atoms with Crippen molar-refractivity contribution in [3.8, 4) is 5.69 Å². The molecule has 8 N–H and O–H groups in total. The molecular weight excluding hydrogens is 398 g/mol. The van der Waals surface area contributed by atoms with Gasteiger partial charge in [0.2, 0.25) is 0 Å². The largest absolute Gasteiger partial charge is 0.478 e. The molecule has 0 bridgehead atoms. The zero-order valence-corrected chi connectivity index (χ0v) is 17.3. The van der Waals surface area contributed by atoms with Gasteiger partial charge in [-0.05, 0) is 37.2 Å². The van der Waals surface area contributed by atoms with E-state index < -0.39 is 12.0 Å². The van der Waals surface area contributed by atoms with E-state index in [0.717, 1.165) is 5.56 Å². The molecule has 2 aromatic rings. The quantitative estimate of drug-likeness (QED) is 0.252. The number of carboxylic acid groups (broad SMARTS) is 1. The number of benzene rings is 1. The molecule has 0 radical (unpaired) electrons. The Morgan fingerprint density at radius 1 is 1.39 bits per heavy atom. The molecule has 10 nitrogen and oxygen atoms in total. The Balaban J connectivity index is 2.51. The Labute approximate surface area is 180 Å². The highest BCUT2D eigenvalue weighted by Crippen LogP contribution is 2.34. The summed E-state index contributed by atoms with van der Waals surface area (Å²) in [6.45, 7) is 9.91. The highest BCUT2D eigenvalue weighted by Gasteiger charge is 2.18. The summed E-state index contributed by atoms with van der Waals surface area (Å²) >= 11 is 0. The predicted octanol–water partition coefficient (Wildman–Crippen LogP) is 2.49. The van der Waals surface area contributed by atoms with Gasteiger partial charge < -0.3 is 27.2 Å². The van der Waals surface area contributed by atoms with E-state index in [4.69, 9.17) is 11.5 Å². The van der Waals surface area contributed by atoms with Crippen LogP contribution in [0.5, 0.6) is 0 Å². The number of hydrogen-bond acceptors (Lipinski definition) is 6. The molecule has 10 heteroatoms. The van der Waals surface area contributed by atoms with Gasteiger partial charge in [-0.3, -0.25) is 5.32 Å². The van der Waals surface area contributed by atoms with Crippen molar-refractivity contribution in [1.82, 2.24) is 20.4 Å². The number of carboxylic acids is 1. The number of nitrogens with two attached hydrogens (primary N) is 2. The number of aromatic carboxylic acids is 1. The maximum atomic E-state index is 11.8. The number of urea groups is 1. The summed E-state index contributed by atoms with van der Waals surface area (Å²) in [5.41, 5.74) is 13.9. The Morgan fingerprint density at radius 2 is 2.13 bits per heavy atom. The second-order valence-electron chi connectivity index (χ2n) is 6.58. The minimum Gasteiger partial charge on any atom is -0.478 e. The second kappa shape index (κ2) is 10.5. The third kappa shape index (κ3) is 5.89. The van der Waals surface area contributed by atoms with Crippen molar-refractivity contribution in [3.63, 3.8) is 0 Å². The molecule has 1 aromatic heterocycles. The Kier molecular flexibility index (Phi) is 7.84. The molecule has 0 aliphatic carbocycles. The number of carbonyl (C=O) groups excluding carboxylic acids is 1. The van der Waals surface area contributed by atoms with Crippen LogP contribution in [0.1, 0.15) is 35.2 Å². The highest BCUT2D eigenvalue weighted by molar-refractivity contribution is 5.87. The van der Waals surface area contributed by atoms with Crippen molar-refractivity contribution in [2.75, 3.05) is 17.6 Å². The Morgan fingerprint density at radius 3 is 2.71 bits per heavy atom. The number of anilines is 2. The molecular formula is C21H27N7O3. The molecule has 0 fully saturated rings. The van der Waals surface area contributed by atoms with Gasteiger partial charge in [0.25, 0.3) is 0 Å². The lowest BCUT2D eigenvalue weighted by Crippen LogP contribution is -2.36. The summed E-state index contributed by atoms with van der Waals surface area (Å²) in [5, 5.41) is 21.5. The van der Waals surface area contributed by atoms with Gasteiger partial charge in [0, 0.05) is 18.7 Å². The van der Waals surface area contributed by atoms with Gasteiger partial charge in [0.05, 0.1) is 28.8 Å². The third-order valence-corrected chi connectivity index (χ3v) is 4.36. The van der Waals surface area contributed by atoms with E-state index in [-0.39, 0.29) is 17.3 Å². The van der Waals surface area contributed by atoms with Gasteiger partial charge >= 0.3 is 12.0 Å². The van der Waals surface area contributed by atoms with E-state index >= 15 is 0 Å². The molecule has 31 heavy (non-hydrogen) atoms. The monoisotopic (exact) mass is 425 g/mol. The summed E-state index contributed by atoms with van der Waals surface area (Å²) in [6.07, 6.45) is 8.25. The first-order chi connectivity index (χ1) is 14.8. The number of nitrogens with one attached hydrogen (secondary N) is 3. The number of nitrogens with zero attached hydrogens (tertiary/aromatic N) is 2. The summed E-state index contributed by atoms with van der Waals surface area (Å²) < 4.78 is 1.39. The number of hydrogen-bond donors (Lipinski definition) is 6. The zero-order valence-electron chi connectivity index (χ0n) is 17.3. The normalized spacial score (nSPS) is 11.6. The van der Waals surface area contributed by atoms with Gasteiger partial charge in [0.15, 0.2) is 0 Å². The number of amides is 2. The fourth-order valence-corrected chi connectivity index (χ4v) is 2.88. The lowest BCUT2D eigenvalue weighted by Gasteiger charge is -2.20. The first kappa shape index (κ1) is 23.1. The molecule has 0 aliphatic rings. The molecule has 0 saturated carbocycles. The van der Waals surface area contributed by atoms with Gasteiger partial charge in [-0.15, -0.1) is 6.58 Å². The zero-order chi connectivity index (χ0) is 23.0. The van der Waals surface area contributed by atoms with Gasteiger partial charge in [0.1, 0.15) is 5.82 Å². The van der Waals surface area contributed by atoms with E-state index in [2.05, 4.69) is 34.2 Å². The Hall–Kier alpha value is -4.21. The summed E-state index contributed by atoms with van der Waals surface area (Å²) in [5.74, 6) is -1.01. The molecule has 1 atom stereocenters. The second-order valence-corrected chi connectivity index (χ2v) is 6.58. The van der Waals surface area contributed by atoms with Crippen LogP contribution in [0.2, 0.25) is 0 Å². The molecule has 2 rings (SSSR count). The summed E-state index contributed by atoms with van der Waals surface area (Å²) in [6, 6.07) is 3.15. The minimum atomic E-state index is -1.11. The van der Waals surface area contributed by atoms with Crippen molar-refractivity contribution in [1.29, 1.82) is 0 Å². The number of rotatable bonds is 10. The fraction of sp³-hybridized carbons (Fsp3) is 0.190. The fourth-order valence-electron chi connectivity index (χ4n) is 2.88. The van der Waals surface area contributed by atoms with Crippen molar-refractivity contribution in [2.45, 2.75) is 19.3 Å². The standard InChI is InChI=1S/C21H27N7O3/c1-4-14(7-6-8-22)15-9-17(23)19(26-13(3)27-21(31)24-5-2)18(10-15)28-12-16(11-25-28)20(29)30/h4,6,8-12,14,26H,1,3,5,7,22-23H2,2H3,(H,29,30)(H2,24,27,31)/b8-6-. The maximum Gasteiger partial charge on any atom is 0.338 e. The minimum absolute atomic E-state index is 0.0144. The number of nitrogen functional groups attached to an aromatic ring is 1. The van der Waals surface area contributed by atoms with Crippen molar-refractivity contribution in [3.05, 3.63) is 73.0 Å². The maximum absolute atomic E-state index is 11.8. The Bertz CT molecular complexity index is 1010. The van der Waals surface area contributed by atoms with E-state index in [1.165, 1.54) is 23.3 Å². The molecule has 0 spiro atoms. The van der Waals surface area contributed by atoms with E-state index in [9.17, 15) is 14.7 Å². The molecule has 1 aromatic carbocycles. The van der Waals surface area contributed by atoms with Crippen molar-refractivity contribution < 1.29 is 14.7 Å². The van der Waals surface area contributed by atoms with Crippen LogP contribution in [0, 0.1) is 0 Å². The number of aromatic nitrogens is 2. The molecule has 1 unspecified atom stereocenters. The van der Waals surface area contributed by atoms with Crippen LogP contribution >= 0.6 is 0 Å². The van der Waals surface area contributed by atoms with Crippen LogP contribution in [0.15, 0.2) is 61.9 Å². The molecule has 164 valence electrons. The summed E-state index contributed by atoms with van der Waals surface area (Å²) in [4.78, 5) is 23.1. The van der Waals surface area contributed by atoms with Crippen LogP contribution in [-0.2, 0) is 0 Å². The van der Waals surface area contributed by atoms with Crippen LogP contribution in [0.25, 0.3) is 5.69 Å². The van der Waals surface area contributed by atoms with E-state index in [1.807, 2.05) is 12.1 Å². The van der Waals surface area contributed by atoms with E-state index in [1.54, 1.807) is 19.1 Å². The van der Waals surface area contributed by atoms with E-state index in [0.29, 0.717) is 30.0 Å². The van der Waals surface area contributed by atoms with Crippen LogP contribution < -0.4 is 27.4 Å². The van der Waals surface area contributed by atoms with Crippen LogP contribution in [-0.4, -0.2) is 33.4 Å². The van der Waals surface area contributed by atoms with Crippen LogP contribution in [0.4, 0.5) is 16.2 Å². The summed E-state index contributed by atoms with van der Waals surface area (Å²) in [7, 11) is 0. The third-order valence-electron chi connectivity index (χ3n) is 4.36. The molecule has 0 saturated heterocycles. The molecule has 1 heterocycles. The predicted molar refractivity (Wildman–Crippen MR) is 121 cm³/mol. The highest BCUT2D eigenvalue weighted by atomic mass is 16.4. The van der Waals surface area contributed by atoms with Gasteiger partial charge in [-0.2, -0.15) is 5.10 Å². The van der Waals surface area contributed by atoms with Gasteiger partial charge in [-0.25, -0.2) is 14.3 Å². The first-order valence-corrected chi connectivity index (χ1v) is 9.52. The molecule has 2 amide bonds. The smallest absolute Gasteiger partial charge is 0.338 e. The first-order valence-electron chi connectivity index (χ1n) is 9.52. The number of allylic oxidation sites excluding steroid dienone is 2. The average molecular weight is 425 g/mol. The van der Waals surface area contributed by atoms with Crippen molar-refractivity contribution in [2.24, 2.45) is 5.73 Å². The number of carbonyl (C=O) groups is 2. The average Bonchev–Trinajstić information content (AvgIpc) is 3.20. The lowest BCUT2D eigenvalue weighted by molar-refractivity contribution is 0.0697. The van der Waals surface area contributed by atoms with Gasteiger partial charge in [-0.1, -0.05) is 18.7 Å². The van der Waals surface area contributed by atoms with Crippen LogP contribution in [0.3, 0.4) is 0 Å². The lowest BCUT2D eigenvalue weighted by atomic mass is 9.94. The van der Waals surface area contributed by atoms with Crippen molar-refractivity contribution >= 4 is 23.4 Å². The topological polar surface area (TPSA) is 160 Å².